The van der Waals surface area contributed by atoms with E-state index in [1.54, 1.807) is 22.4 Å². The fourth-order valence-corrected chi connectivity index (χ4v) is 2.96. The van der Waals surface area contributed by atoms with Gasteiger partial charge in [0.1, 0.15) is 0 Å². The quantitative estimate of drug-likeness (QED) is 0.812. The van der Waals surface area contributed by atoms with Crippen LogP contribution in [0, 0.1) is 0 Å². The Morgan fingerprint density at radius 1 is 1.18 bits per heavy atom. The predicted molar refractivity (Wildman–Crippen MR) is 89.7 cm³/mol. The highest BCUT2D eigenvalue weighted by atomic mass is 32.2. The van der Waals surface area contributed by atoms with E-state index in [0.29, 0.717) is 11.5 Å². The normalized spacial score (nSPS) is 20.0. The molecule has 1 fully saturated rings. The van der Waals surface area contributed by atoms with Crippen LogP contribution in [0.15, 0.2) is 27.4 Å². The fourth-order valence-electron chi connectivity index (χ4n) is 2.46. The van der Waals surface area contributed by atoms with Crippen molar-refractivity contribution in [2.75, 3.05) is 6.26 Å². The van der Waals surface area contributed by atoms with Gasteiger partial charge in [0, 0.05) is 0 Å². The largest absolute Gasteiger partial charge is 0.494 e. The highest BCUT2D eigenvalue weighted by Crippen LogP contribution is 2.36. The van der Waals surface area contributed by atoms with E-state index in [4.69, 9.17) is 13.7 Å². The van der Waals surface area contributed by atoms with E-state index in [1.807, 2.05) is 46.1 Å². The summed E-state index contributed by atoms with van der Waals surface area (Å²) < 4.78 is 19.0. The van der Waals surface area contributed by atoms with Gasteiger partial charge < -0.3 is 13.7 Å². The lowest BCUT2D eigenvalue weighted by Gasteiger charge is -2.32. The maximum atomic E-state index is 11.9. The first-order valence-corrected chi connectivity index (χ1v) is 8.62. The molecular formula is C15H20BNO4S. The average molecular weight is 321 g/mol. The third-order valence-electron chi connectivity index (χ3n) is 4.48. The molecule has 1 aliphatic heterocycles. The summed E-state index contributed by atoms with van der Waals surface area (Å²) in [5.74, 6) is 0.217. The Bertz CT molecular complexity index is 748. The molecule has 3 rings (SSSR count). The highest BCUT2D eigenvalue weighted by molar-refractivity contribution is 7.97. The minimum Gasteiger partial charge on any atom is -0.408 e. The molecule has 1 aromatic carbocycles. The van der Waals surface area contributed by atoms with Crippen molar-refractivity contribution in [3.05, 3.63) is 28.7 Å². The van der Waals surface area contributed by atoms with Gasteiger partial charge in [0.15, 0.2) is 5.58 Å². The van der Waals surface area contributed by atoms with Crippen molar-refractivity contribution in [3.63, 3.8) is 0 Å². The zero-order chi connectivity index (χ0) is 16.1. The summed E-state index contributed by atoms with van der Waals surface area (Å²) in [5, 5.41) is 0. The first-order chi connectivity index (χ1) is 10.2. The molecule has 2 heterocycles. The maximum absolute atomic E-state index is 11.9. The molecule has 0 amide bonds. The second-order valence-corrected chi connectivity index (χ2v) is 7.36. The van der Waals surface area contributed by atoms with Crippen LogP contribution >= 0.6 is 11.8 Å². The molecule has 22 heavy (non-hydrogen) atoms. The second kappa shape index (κ2) is 5.18. The van der Waals surface area contributed by atoms with Gasteiger partial charge in [-0.1, -0.05) is 6.07 Å². The summed E-state index contributed by atoms with van der Waals surface area (Å²) in [4.78, 5) is 11.9. The molecule has 0 bridgehead atoms. The molecule has 1 aliphatic rings. The smallest absolute Gasteiger partial charge is 0.408 e. The Morgan fingerprint density at radius 2 is 1.82 bits per heavy atom. The molecule has 2 aromatic rings. The van der Waals surface area contributed by atoms with Crippen molar-refractivity contribution in [2.24, 2.45) is 0 Å². The first kappa shape index (κ1) is 15.7. The average Bonchev–Trinajstić information content (AvgIpc) is 2.84. The standard InChI is InChI=1S/C15H20BNO4S/c1-14(2)15(3,4)21-16(20-14)10-6-7-12-11(8-10)17(9-22-5)13(18)19-12/h6-8H,9H2,1-5H3. The molecule has 7 heteroatoms. The molecule has 0 aliphatic carbocycles. The lowest BCUT2D eigenvalue weighted by atomic mass is 9.79. The number of benzene rings is 1. The van der Waals surface area contributed by atoms with Gasteiger partial charge in [-0.15, -0.1) is 11.8 Å². The number of thioether (sulfide) groups is 1. The van der Waals surface area contributed by atoms with Crippen LogP contribution in [-0.4, -0.2) is 29.1 Å². The van der Waals surface area contributed by atoms with Gasteiger partial charge in [0.05, 0.1) is 22.6 Å². The molecule has 1 saturated heterocycles. The molecule has 0 saturated carbocycles. The van der Waals surface area contributed by atoms with E-state index in [9.17, 15) is 4.79 Å². The van der Waals surface area contributed by atoms with E-state index in [0.717, 1.165) is 11.0 Å². The van der Waals surface area contributed by atoms with Crippen LogP contribution in [0.3, 0.4) is 0 Å². The number of rotatable bonds is 3. The molecule has 5 nitrogen and oxygen atoms in total. The second-order valence-electron chi connectivity index (χ2n) is 6.53. The number of oxazole rings is 1. The summed E-state index contributed by atoms with van der Waals surface area (Å²) in [6.45, 7) is 8.08. The van der Waals surface area contributed by atoms with Gasteiger partial charge in [-0.3, -0.25) is 4.57 Å². The Balaban J connectivity index is 2.03. The highest BCUT2D eigenvalue weighted by Gasteiger charge is 2.51. The molecule has 0 radical (unpaired) electrons. The molecular weight excluding hydrogens is 301 g/mol. The van der Waals surface area contributed by atoms with Crippen LogP contribution < -0.4 is 11.2 Å². The van der Waals surface area contributed by atoms with Crippen LogP contribution in [0.4, 0.5) is 0 Å². The van der Waals surface area contributed by atoms with Crippen LogP contribution in [0.2, 0.25) is 0 Å². The van der Waals surface area contributed by atoms with Crippen LogP contribution in [-0.2, 0) is 15.2 Å². The SMILES string of the molecule is CSCn1c(=O)oc2ccc(B3OC(C)(C)C(C)(C)O3)cc21. The third-order valence-corrected chi connectivity index (χ3v) is 4.99. The minimum atomic E-state index is -0.442. The van der Waals surface area contributed by atoms with E-state index >= 15 is 0 Å². The number of hydrogen-bond acceptors (Lipinski definition) is 5. The third kappa shape index (κ3) is 2.41. The van der Waals surface area contributed by atoms with Crippen molar-refractivity contribution >= 4 is 35.4 Å². The lowest BCUT2D eigenvalue weighted by molar-refractivity contribution is 0.00578. The fraction of sp³-hybridized carbons (Fsp3) is 0.533. The minimum absolute atomic E-state index is 0.338. The summed E-state index contributed by atoms with van der Waals surface area (Å²) in [7, 11) is -0.442. The Kier molecular flexibility index (Phi) is 3.70. The van der Waals surface area contributed by atoms with Crippen molar-refractivity contribution in [3.8, 4) is 0 Å². The predicted octanol–water partition coefficient (Wildman–Crippen LogP) is 2.21. The monoisotopic (exact) mass is 321 g/mol. The Morgan fingerprint density at radius 3 is 2.41 bits per heavy atom. The van der Waals surface area contributed by atoms with Crippen molar-refractivity contribution in [1.82, 2.24) is 4.57 Å². The number of nitrogens with zero attached hydrogens (tertiary/aromatic N) is 1. The zero-order valence-corrected chi connectivity index (χ0v) is 14.3. The zero-order valence-electron chi connectivity index (χ0n) is 13.5. The van der Waals surface area contributed by atoms with E-state index in [2.05, 4.69) is 0 Å². The molecule has 1 aromatic heterocycles. The van der Waals surface area contributed by atoms with Crippen molar-refractivity contribution in [2.45, 2.75) is 44.8 Å². The van der Waals surface area contributed by atoms with Gasteiger partial charge >= 0.3 is 12.9 Å². The molecule has 118 valence electrons. The lowest BCUT2D eigenvalue weighted by Crippen LogP contribution is -2.41. The number of hydrogen-bond donors (Lipinski definition) is 0. The van der Waals surface area contributed by atoms with Gasteiger partial charge in [-0.2, -0.15) is 0 Å². The van der Waals surface area contributed by atoms with Crippen LogP contribution in [0.5, 0.6) is 0 Å². The molecule has 0 N–H and O–H groups in total. The van der Waals surface area contributed by atoms with E-state index < -0.39 is 7.12 Å². The molecule has 0 spiro atoms. The molecule has 0 atom stereocenters. The van der Waals surface area contributed by atoms with Crippen LogP contribution in [0.1, 0.15) is 27.7 Å². The number of fused-ring (bicyclic) bond motifs is 1. The number of aromatic nitrogens is 1. The summed E-state index contributed by atoms with van der Waals surface area (Å²) in [5.41, 5.74) is 1.47. The molecule has 0 unspecified atom stereocenters. The topological polar surface area (TPSA) is 53.6 Å². The van der Waals surface area contributed by atoms with Gasteiger partial charge in [-0.05, 0) is 51.5 Å². The van der Waals surface area contributed by atoms with Gasteiger partial charge in [0.2, 0.25) is 0 Å². The van der Waals surface area contributed by atoms with Gasteiger partial charge in [-0.25, -0.2) is 4.79 Å². The Hall–Kier alpha value is -1.18. The van der Waals surface area contributed by atoms with E-state index in [-0.39, 0.29) is 17.0 Å². The summed E-state index contributed by atoms with van der Waals surface area (Å²) in [6, 6.07) is 5.60. The summed E-state index contributed by atoms with van der Waals surface area (Å²) >= 11 is 1.57. The first-order valence-electron chi connectivity index (χ1n) is 7.23. The van der Waals surface area contributed by atoms with Crippen molar-refractivity contribution in [1.29, 1.82) is 0 Å². The van der Waals surface area contributed by atoms with Crippen molar-refractivity contribution < 1.29 is 13.7 Å². The van der Waals surface area contributed by atoms with E-state index in [1.165, 1.54) is 0 Å². The van der Waals surface area contributed by atoms with Crippen LogP contribution in [0.25, 0.3) is 11.1 Å². The van der Waals surface area contributed by atoms with Gasteiger partial charge in [0.25, 0.3) is 0 Å². The Labute approximate surface area is 134 Å². The summed E-state index contributed by atoms with van der Waals surface area (Å²) in [6.07, 6.45) is 1.95. The maximum Gasteiger partial charge on any atom is 0.494 e.